The highest BCUT2D eigenvalue weighted by molar-refractivity contribution is 6.30. The highest BCUT2D eigenvalue weighted by atomic mass is 35.5. The molecule has 0 aromatic heterocycles. The summed E-state index contributed by atoms with van der Waals surface area (Å²) in [4.78, 5) is 0. The summed E-state index contributed by atoms with van der Waals surface area (Å²) < 4.78 is 24.0. The van der Waals surface area contributed by atoms with Crippen LogP contribution in [0.4, 0.5) is 0 Å². The number of rotatable bonds is 1. The lowest BCUT2D eigenvalue weighted by Crippen LogP contribution is -2.63. The zero-order chi connectivity index (χ0) is 21.2. The number of hydrogen-bond acceptors (Lipinski definition) is 8. The van der Waals surface area contributed by atoms with Crippen LogP contribution in [0.1, 0.15) is 30.9 Å². The molecule has 1 saturated carbocycles. The number of hydrogen-bond donors (Lipinski definition) is 1. The first-order valence-electron chi connectivity index (χ1n) is 9.64. The van der Waals surface area contributed by atoms with Gasteiger partial charge in [-0.05, 0) is 17.7 Å². The molecule has 3 heterocycles. The van der Waals surface area contributed by atoms with E-state index < -0.39 is 40.3 Å². The summed E-state index contributed by atoms with van der Waals surface area (Å²) in [6.07, 6.45) is -0.180. The van der Waals surface area contributed by atoms with Crippen LogP contribution in [0.25, 0.3) is 0 Å². The molecule has 5 rings (SSSR count). The Morgan fingerprint density at radius 1 is 1.07 bits per heavy atom. The number of nitrogens with zero attached hydrogens (tertiary/aromatic N) is 3. The van der Waals surface area contributed by atoms with E-state index >= 15 is 0 Å². The standard InChI is InChI=1S/C21H17ClN4O4/c22-14-3-1-2-13(8-14)16-18(10-23,11-24)20(12-25)15-9-19(27-6-7-28-19)4-5-21(15,29-16)30-17(20)26/h1-3,8,15-16,26H,4-7,9H2. The molecule has 1 aromatic carbocycles. The van der Waals surface area contributed by atoms with E-state index in [0.29, 0.717) is 36.6 Å². The number of nitrogens with one attached hydrogen (secondary N) is 1. The molecule has 1 spiro atoms. The molecular formula is C21H17ClN4O4. The van der Waals surface area contributed by atoms with Crippen molar-refractivity contribution in [2.75, 3.05) is 13.2 Å². The summed E-state index contributed by atoms with van der Waals surface area (Å²) in [5.74, 6) is -3.44. The molecule has 1 N–H and O–H groups in total. The van der Waals surface area contributed by atoms with Crippen LogP contribution < -0.4 is 0 Å². The highest BCUT2D eigenvalue weighted by Crippen LogP contribution is 2.70. The minimum absolute atomic E-state index is 0.191. The summed E-state index contributed by atoms with van der Waals surface area (Å²) >= 11 is 6.15. The fraction of sp³-hybridized carbons (Fsp3) is 0.524. The molecule has 2 bridgehead atoms. The molecule has 1 aliphatic carbocycles. The third-order valence-electron chi connectivity index (χ3n) is 6.88. The minimum atomic E-state index is -2.02. The molecule has 8 nitrogen and oxygen atoms in total. The first-order chi connectivity index (χ1) is 14.4. The summed E-state index contributed by atoms with van der Waals surface area (Å²) in [7, 11) is 0. The number of halogens is 1. The van der Waals surface area contributed by atoms with Crippen molar-refractivity contribution in [2.24, 2.45) is 16.7 Å². The second-order valence-corrected chi connectivity index (χ2v) is 8.55. The summed E-state index contributed by atoms with van der Waals surface area (Å²) in [6, 6.07) is 12.9. The number of ether oxygens (including phenoxy) is 4. The lowest BCUT2D eigenvalue weighted by Gasteiger charge is -2.54. The fourth-order valence-corrected chi connectivity index (χ4v) is 5.72. The van der Waals surface area contributed by atoms with Crippen molar-refractivity contribution in [1.82, 2.24) is 0 Å². The van der Waals surface area contributed by atoms with Gasteiger partial charge in [0.15, 0.2) is 11.2 Å². The molecule has 4 unspecified atom stereocenters. The Kier molecular flexibility index (Phi) is 3.97. The van der Waals surface area contributed by atoms with Gasteiger partial charge in [-0.15, -0.1) is 0 Å². The van der Waals surface area contributed by atoms with Crippen molar-refractivity contribution in [3.63, 3.8) is 0 Å². The maximum absolute atomic E-state index is 10.4. The van der Waals surface area contributed by atoms with Gasteiger partial charge in [-0.1, -0.05) is 23.7 Å². The van der Waals surface area contributed by atoms with Gasteiger partial charge in [-0.2, -0.15) is 15.8 Å². The second kappa shape index (κ2) is 6.17. The predicted octanol–water partition coefficient (Wildman–Crippen LogP) is 3.20. The molecule has 30 heavy (non-hydrogen) atoms. The summed E-state index contributed by atoms with van der Waals surface area (Å²) in [6.45, 7) is 0.844. The van der Waals surface area contributed by atoms with Gasteiger partial charge < -0.3 is 18.9 Å². The fourth-order valence-electron chi connectivity index (χ4n) is 5.52. The Morgan fingerprint density at radius 3 is 2.43 bits per heavy atom. The smallest absolute Gasteiger partial charge is 0.218 e. The molecule has 3 aliphatic heterocycles. The van der Waals surface area contributed by atoms with Crippen LogP contribution in [-0.2, 0) is 18.9 Å². The Balaban J connectivity index is 1.73. The van der Waals surface area contributed by atoms with E-state index in [1.807, 2.05) is 12.1 Å². The highest BCUT2D eigenvalue weighted by Gasteiger charge is 2.82. The molecule has 4 aliphatic rings. The van der Waals surface area contributed by atoms with Crippen LogP contribution in [0.3, 0.4) is 0 Å². The van der Waals surface area contributed by atoms with Crippen molar-refractivity contribution < 1.29 is 18.9 Å². The van der Waals surface area contributed by atoms with Crippen LogP contribution in [-0.4, -0.2) is 30.7 Å². The van der Waals surface area contributed by atoms with Gasteiger partial charge in [0.25, 0.3) is 0 Å². The quantitative estimate of drug-likeness (QED) is 0.731. The molecule has 3 saturated heterocycles. The van der Waals surface area contributed by atoms with Crippen molar-refractivity contribution in [3.05, 3.63) is 34.9 Å². The molecule has 0 radical (unpaired) electrons. The lowest BCUT2D eigenvalue weighted by atomic mass is 9.51. The van der Waals surface area contributed by atoms with Crippen molar-refractivity contribution in [1.29, 1.82) is 21.2 Å². The van der Waals surface area contributed by atoms with Crippen LogP contribution in [0.2, 0.25) is 5.02 Å². The van der Waals surface area contributed by atoms with Gasteiger partial charge in [0, 0.05) is 24.3 Å². The average Bonchev–Trinajstić information content (AvgIpc) is 3.28. The van der Waals surface area contributed by atoms with E-state index in [4.69, 9.17) is 36.0 Å². The zero-order valence-corrected chi connectivity index (χ0v) is 16.6. The van der Waals surface area contributed by atoms with Gasteiger partial charge in [0.2, 0.25) is 17.1 Å². The maximum atomic E-state index is 10.4. The van der Waals surface area contributed by atoms with E-state index in [2.05, 4.69) is 6.07 Å². The number of benzene rings is 1. The molecule has 4 fully saturated rings. The first kappa shape index (κ1) is 19.3. The summed E-state index contributed by atoms with van der Waals surface area (Å²) in [5.41, 5.74) is -3.38. The monoisotopic (exact) mass is 424 g/mol. The average molecular weight is 425 g/mol. The molecule has 152 valence electrons. The molecule has 4 atom stereocenters. The third kappa shape index (κ3) is 2.11. The van der Waals surface area contributed by atoms with Gasteiger partial charge >= 0.3 is 0 Å². The summed E-state index contributed by atoms with van der Waals surface area (Å²) in [5, 5.41) is 39.9. The Bertz CT molecular complexity index is 1050. The van der Waals surface area contributed by atoms with Crippen molar-refractivity contribution in [2.45, 2.75) is 36.9 Å². The van der Waals surface area contributed by atoms with Crippen LogP contribution in [0, 0.1) is 56.2 Å². The Labute approximate surface area is 178 Å². The molecule has 9 heteroatoms. The van der Waals surface area contributed by atoms with Crippen molar-refractivity contribution in [3.8, 4) is 18.2 Å². The predicted molar refractivity (Wildman–Crippen MR) is 101 cm³/mol. The van der Waals surface area contributed by atoms with Crippen LogP contribution in [0.15, 0.2) is 24.3 Å². The maximum Gasteiger partial charge on any atom is 0.218 e. The van der Waals surface area contributed by atoms with Gasteiger partial charge in [0.05, 0.1) is 37.3 Å². The van der Waals surface area contributed by atoms with E-state index in [9.17, 15) is 15.8 Å². The van der Waals surface area contributed by atoms with Gasteiger partial charge in [-0.25, -0.2) is 0 Å². The molecule has 1 aromatic rings. The topological polar surface area (TPSA) is 132 Å². The molecule has 0 amide bonds. The Hall–Kier alpha value is -2.67. The Morgan fingerprint density at radius 2 is 1.80 bits per heavy atom. The van der Waals surface area contributed by atoms with Gasteiger partial charge in [0.1, 0.15) is 6.10 Å². The van der Waals surface area contributed by atoms with E-state index in [-0.39, 0.29) is 6.42 Å². The van der Waals surface area contributed by atoms with Crippen LogP contribution >= 0.6 is 11.6 Å². The molecular weight excluding hydrogens is 408 g/mol. The largest absolute Gasteiger partial charge is 0.447 e. The van der Waals surface area contributed by atoms with E-state index in [0.717, 1.165) is 0 Å². The SMILES string of the molecule is N#CC1(C#N)C(c2cccc(Cl)c2)OC23CCC4(CC2C1(C#N)C(=N)O3)OCCO4. The first-order valence-corrected chi connectivity index (χ1v) is 10.0. The van der Waals surface area contributed by atoms with Crippen molar-refractivity contribution >= 4 is 17.5 Å². The van der Waals surface area contributed by atoms with E-state index in [1.54, 1.807) is 24.3 Å². The number of nitriles is 3. The normalized spacial score (nSPS) is 37.5. The minimum Gasteiger partial charge on any atom is -0.447 e. The van der Waals surface area contributed by atoms with Crippen LogP contribution in [0.5, 0.6) is 0 Å². The third-order valence-corrected chi connectivity index (χ3v) is 7.12. The lowest BCUT2D eigenvalue weighted by molar-refractivity contribution is -0.330. The second-order valence-electron chi connectivity index (χ2n) is 8.11. The van der Waals surface area contributed by atoms with Gasteiger partial charge in [-0.3, -0.25) is 5.41 Å². The van der Waals surface area contributed by atoms with E-state index in [1.165, 1.54) is 0 Å². The zero-order valence-electron chi connectivity index (χ0n) is 15.9.